The summed E-state index contributed by atoms with van der Waals surface area (Å²) in [5.74, 6) is -0.363. The molecule has 1 aliphatic heterocycles. The Morgan fingerprint density at radius 3 is 2.21 bits per heavy atom. The summed E-state index contributed by atoms with van der Waals surface area (Å²) >= 11 is 0. The van der Waals surface area contributed by atoms with Crippen LogP contribution in [0.1, 0.15) is 31.1 Å². The van der Waals surface area contributed by atoms with Gasteiger partial charge in [-0.3, -0.25) is 4.79 Å². The van der Waals surface area contributed by atoms with Gasteiger partial charge in [0.2, 0.25) is 0 Å². The predicted molar refractivity (Wildman–Crippen MR) is 106 cm³/mol. The molecule has 0 radical (unpaired) electrons. The maximum Gasteiger partial charge on any atom is 0.410 e. The maximum absolute atomic E-state index is 14.3. The van der Waals surface area contributed by atoms with E-state index in [2.05, 4.69) is 5.32 Å². The molecule has 0 bridgehead atoms. The Balaban J connectivity index is 1.61. The van der Waals surface area contributed by atoms with Gasteiger partial charge in [-0.05, 0) is 44.0 Å². The van der Waals surface area contributed by atoms with Gasteiger partial charge in [-0.25, -0.2) is 9.18 Å². The number of amides is 2. The molecule has 1 heterocycles. The second kappa shape index (κ2) is 8.00. The molecule has 1 saturated heterocycles. The fourth-order valence-electron chi connectivity index (χ4n) is 3.07. The topological polar surface area (TPSA) is 58.6 Å². The summed E-state index contributed by atoms with van der Waals surface area (Å²) in [7, 11) is 0. The summed E-state index contributed by atoms with van der Waals surface area (Å²) in [6, 6.07) is 16.2. The van der Waals surface area contributed by atoms with E-state index in [1.165, 1.54) is 4.90 Å². The average molecular weight is 384 g/mol. The van der Waals surface area contributed by atoms with E-state index in [-0.39, 0.29) is 19.0 Å². The Labute approximate surface area is 164 Å². The van der Waals surface area contributed by atoms with Crippen molar-refractivity contribution in [3.05, 3.63) is 60.2 Å². The Hall–Kier alpha value is -2.89. The third kappa shape index (κ3) is 4.88. The van der Waals surface area contributed by atoms with Gasteiger partial charge < -0.3 is 15.0 Å². The summed E-state index contributed by atoms with van der Waals surface area (Å²) in [4.78, 5) is 25.9. The molecule has 0 unspecified atom stereocenters. The molecule has 2 amide bonds. The lowest BCUT2D eigenvalue weighted by Gasteiger charge is -2.24. The molecule has 28 heavy (non-hydrogen) atoms. The first-order valence-corrected chi connectivity index (χ1v) is 9.31. The minimum Gasteiger partial charge on any atom is -0.444 e. The highest BCUT2D eigenvalue weighted by Gasteiger charge is 2.38. The van der Waals surface area contributed by atoms with Crippen molar-refractivity contribution in [3.63, 3.8) is 0 Å². The fourth-order valence-corrected chi connectivity index (χ4v) is 3.07. The molecule has 1 N–H and O–H groups in total. The number of rotatable bonds is 3. The van der Waals surface area contributed by atoms with Crippen molar-refractivity contribution in [1.82, 2.24) is 10.2 Å². The van der Waals surface area contributed by atoms with Gasteiger partial charge >= 0.3 is 6.09 Å². The highest BCUT2D eigenvalue weighted by Crippen LogP contribution is 2.21. The smallest absolute Gasteiger partial charge is 0.410 e. The van der Waals surface area contributed by atoms with Gasteiger partial charge in [0.25, 0.3) is 5.91 Å². The van der Waals surface area contributed by atoms with Crippen molar-refractivity contribution < 1.29 is 18.7 Å². The van der Waals surface area contributed by atoms with Gasteiger partial charge in [0.1, 0.15) is 11.8 Å². The number of carbonyl (C=O) groups is 2. The van der Waals surface area contributed by atoms with E-state index in [1.807, 2.05) is 42.5 Å². The molecule has 1 aliphatic rings. The van der Waals surface area contributed by atoms with Crippen LogP contribution in [0.3, 0.4) is 0 Å². The number of ether oxygens (including phenoxy) is 1. The molecule has 2 aromatic carbocycles. The number of hydrogen-bond donors (Lipinski definition) is 1. The highest BCUT2D eigenvalue weighted by atomic mass is 19.1. The largest absolute Gasteiger partial charge is 0.444 e. The molecule has 0 aromatic heterocycles. The van der Waals surface area contributed by atoms with Crippen LogP contribution in [0.2, 0.25) is 0 Å². The van der Waals surface area contributed by atoms with Crippen molar-refractivity contribution in [1.29, 1.82) is 0 Å². The first kappa shape index (κ1) is 19.9. The fraction of sp³-hybridized carbons (Fsp3) is 0.364. The number of alkyl halides is 1. The lowest BCUT2D eigenvalue weighted by molar-refractivity contribution is 0.0281. The molecule has 0 spiro atoms. The normalized spacial score (nSPS) is 19.4. The first-order valence-electron chi connectivity index (χ1n) is 9.31. The van der Waals surface area contributed by atoms with Crippen LogP contribution >= 0.6 is 0 Å². The van der Waals surface area contributed by atoms with Gasteiger partial charge in [0.15, 0.2) is 0 Å². The zero-order valence-corrected chi connectivity index (χ0v) is 16.3. The van der Waals surface area contributed by atoms with E-state index < -0.39 is 23.9 Å². The molecular formula is C22H25FN2O3. The number of hydrogen-bond acceptors (Lipinski definition) is 3. The quantitative estimate of drug-likeness (QED) is 0.869. The number of carbonyl (C=O) groups excluding carboxylic acids is 2. The second-order valence-corrected chi connectivity index (χ2v) is 7.92. The molecule has 2 atom stereocenters. The average Bonchev–Trinajstić information content (AvgIpc) is 3.02. The molecular weight excluding hydrogens is 359 g/mol. The highest BCUT2D eigenvalue weighted by molar-refractivity contribution is 5.95. The minimum atomic E-state index is -1.33. The zero-order valence-electron chi connectivity index (χ0n) is 16.3. The number of nitrogens with one attached hydrogen (secondary N) is 1. The summed E-state index contributed by atoms with van der Waals surface area (Å²) in [6.07, 6.45) is -1.90. The molecule has 3 rings (SSSR count). The Bertz CT molecular complexity index is 831. The molecule has 5 nitrogen and oxygen atoms in total. The van der Waals surface area contributed by atoms with Crippen LogP contribution in [0.4, 0.5) is 9.18 Å². The van der Waals surface area contributed by atoms with Gasteiger partial charge in [0.05, 0.1) is 12.6 Å². The van der Waals surface area contributed by atoms with E-state index in [1.54, 1.807) is 32.9 Å². The van der Waals surface area contributed by atoms with E-state index in [0.29, 0.717) is 5.56 Å². The van der Waals surface area contributed by atoms with Crippen LogP contribution in [0, 0.1) is 0 Å². The van der Waals surface area contributed by atoms with Crippen molar-refractivity contribution in [2.45, 2.75) is 38.6 Å². The molecule has 1 fully saturated rings. The third-order valence-corrected chi connectivity index (χ3v) is 4.47. The Morgan fingerprint density at radius 2 is 1.61 bits per heavy atom. The minimum absolute atomic E-state index is 0.0872. The van der Waals surface area contributed by atoms with E-state index in [9.17, 15) is 14.0 Å². The van der Waals surface area contributed by atoms with E-state index in [4.69, 9.17) is 4.74 Å². The lowest BCUT2D eigenvalue weighted by atomic mass is 10.0. The van der Waals surface area contributed by atoms with Gasteiger partial charge in [-0.1, -0.05) is 42.5 Å². The summed E-state index contributed by atoms with van der Waals surface area (Å²) in [6.45, 7) is 5.27. The Kier molecular flexibility index (Phi) is 5.68. The standard InChI is InChI=1S/C22H25FN2O3/c1-22(2,3)28-21(27)25-13-18(23)19(14-25)24-20(26)17-11-9-16(10-12-17)15-7-5-4-6-8-15/h4-12,18-19H,13-14H2,1-3H3,(H,24,26)/t18-,19-/m0/s1. The third-order valence-electron chi connectivity index (χ3n) is 4.47. The SMILES string of the molecule is CC(C)(C)OC(=O)N1C[C@H](NC(=O)c2ccc(-c3ccccc3)cc2)[C@@H](F)C1. The van der Waals surface area contributed by atoms with Crippen molar-refractivity contribution >= 4 is 12.0 Å². The summed E-state index contributed by atoms with van der Waals surface area (Å²) in [5, 5.41) is 2.69. The number of halogens is 1. The number of benzene rings is 2. The van der Waals surface area contributed by atoms with Crippen molar-refractivity contribution in [2.75, 3.05) is 13.1 Å². The maximum atomic E-state index is 14.3. The van der Waals surface area contributed by atoms with E-state index >= 15 is 0 Å². The zero-order chi connectivity index (χ0) is 20.3. The van der Waals surface area contributed by atoms with Crippen LogP contribution in [-0.2, 0) is 4.74 Å². The van der Waals surface area contributed by atoms with Crippen LogP contribution in [0.15, 0.2) is 54.6 Å². The van der Waals surface area contributed by atoms with Gasteiger partial charge in [-0.15, -0.1) is 0 Å². The van der Waals surface area contributed by atoms with Gasteiger partial charge in [-0.2, -0.15) is 0 Å². The van der Waals surface area contributed by atoms with Crippen molar-refractivity contribution in [3.8, 4) is 11.1 Å². The van der Waals surface area contributed by atoms with Gasteiger partial charge in [0, 0.05) is 12.1 Å². The molecule has 2 aromatic rings. The second-order valence-electron chi connectivity index (χ2n) is 7.92. The first-order chi connectivity index (χ1) is 13.2. The van der Waals surface area contributed by atoms with Crippen molar-refractivity contribution in [2.24, 2.45) is 0 Å². The molecule has 148 valence electrons. The molecule has 6 heteroatoms. The molecule has 0 aliphatic carbocycles. The van der Waals surface area contributed by atoms with E-state index in [0.717, 1.165) is 11.1 Å². The summed E-state index contributed by atoms with van der Waals surface area (Å²) in [5.41, 5.74) is 1.85. The predicted octanol–water partition coefficient (Wildman–Crippen LogP) is 4.04. The van der Waals surface area contributed by atoms with Crippen LogP contribution in [-0.4, -0.2) is 47.8 Å². The van der Waals surface area contributed by atoms with Crippen LogP contribution in [0.25, 0.3) is 11.1 Å². The Morgan fingerprint density at radius 1 is 1.00 bits per heavy atom. The number of nitrogens with zero attached hydrogens (tertiary/aromatic N) is 1. The number of likely N-dealkylation sites (tertiary alicyclic amines) is 1. The summed E-state index contributed by atoms with van der Waals surface area (Å²) < 4.78 is 19.6. The molecule has 0 saturated carbocycles. The monoisotopic (exact) mass is 384 g/mol. The van der Waals surface area contributed by atoms with Crippen LogP contribution in [0.5, 0.6) is 0 Å². The van der Waals surface area contributed by atoms with Crippen LogP contribution < -0.4 is 5.32 Å². The lowest BCUT2D eigenvalue weighted by Crippen LogP contribution is -2.42.